The van der Waals surface area contributed by atoms with Gasteiger partial charge in [-0.25, -0.2) is 9.59 Å². The van der Waals surface area contributed by atoms with Gasteiger partial charge < -0.3 is 44.2 Å². The van der Waals surface area contributed by atoms with E-state index < -0.39 is 29.9 Å². The van der Waals surface area contributed by atoms with Crippen LogP contribution in [0.15, 0.2) is 90.6 Å². The number of allylic oxidation sites excluding steroid dienone is 1. The molecule has 1 saturated carbocycles. The van der Waals surface area contributed by atoms with Crippen LogP contribution in [0.2, 0.25) is 0 Å². The van der Waals surface area contributed by atoms with Gasteiger partial charge in [-0.3, -0.25) is 0 Å². The van der Waals surface area contributed by atoms with Gasteiger partial charge in [0.1, 0.15) is 24.1 Å². The predicted molar refractivity (Wildman–Crippen MR) is 256 cm³/mol. The van der Waals surface area contributed by atoms with Crippen LogP contribution in [0, 0.1) is 17.8 Å². The first-order chi connectivity index (χ1) is 31.8. The number of likely N-dealkylation sites (N-methyl/N-ethyl adjacent to an activating group) is 1. The fourth-order valence-electron chi connectivity index (χ4n) is 9.95. The summed E-state index contributed by atoms with van der Waals surface area (Å²) in [6.45, 7) is 11.3. The zero-order valence-electron chi connectivity index (χ0n) is 39.3. The third kappa shape index (κ3) is 14.4. The van der Waals surface area contributed by atoms with Crippen molar-refractivity contribution in [3.8, 4) is 11.5 Å². The number of aliphatic hydroxyl groups excluding tert-OH is 2. The normalized spacial score (nSPS) is 22.4. The Bertz CT molecular complexity index is 1840. The van der Waals surface area contributed by atoms with E-state index >= 15 is 0 Å². The van der Waals surface area contributed by atoms with Crippen LogP contribution in [0.3, 0.4) is 0 Å². The number of unbranched alkanes of at least 4 members (excludes halogenated alkanes) is 11. The summed E-state index contributed by atoms with van der Waals surface area (Å²) >= 11 is 0. The SMILES string of the molecule is C=CCCOC(=O)N(C)[C@H]1CC(=NOCc2ccccc2)C2=C[C@H](CCCCO)[C@@H](CCCCO)[C@@H]3c4cc(OC(=O)NCCCCCCCCCCCC)ccc4O[C@@]1(OCC=C)[C@H]23. The zero-order chi connectivity index (χ0) is 46.3. The van der Waals surface area contributed by atoms with Gasteiger partial charge >= 0.3 is 12.2 Å². The van der Waals surface area contributed by atoms with E-state index in [4.69, 9.17) is 28.9 Å². The number of fused-ring (bicyclic) bond motifs is 2. The van der Waals surface area contributed by atoms with Crippen molar-refractivity contribution in [3.63, 3.8) is 0 Å². The highest BCUT2D eigenvalue weighted by Crippen LogP contribution is 2.61. The van der Waals surface area contributed by atoms with Crippen LogP contribution in [0.1, 0.15) is 140 Å². The number of amides is 2. The molecule has 5 rings (SSSR count). The van der Waals surface area contributed by atoms with Gasteiger partial charge in [-0.05, 0) is 79.7 Å². The van der Waals surface area contributed by atoms with E-state index in [0.29, 0.717) is 43.0 Å². The largest absolute Gasteiger partial charge is 0.459 e. The highest BCUT2D eigenvalue weighted by atomic mass is 16.7. The molecule has 1 fully saturated rings. The molecule has 0 unspecified atom stereocenters. The summed E-state index contributed by atoms with van der Waals surface area (Å²) in [6.07, 6.45) is 22.0. The molecule has 2 amide bonds. The van der Waals surface area contributed by atoms with Crippen LogP contribution in [-0.4, -0.2) is 84.9 Å². The van der Waals surface area contributed by atoms with E-state index in [-0.39, 0.29) is 57.2 Å². The van der Waals surface area contributed by atoms with Crippen molar-refractivity contribution in [3.05, 3.63) is 96.6 Å². The summed E-state index contributed by atoms with van der Waals surface area (Å²) in [5.41, 5.74) is 3.42. The number of aliphatic hydroxyl groups is 2. The van der Waals surface area contributed by atoms with Gasteiger partial charge in [0, 0.05) is 44.7 Å². The van der Waals surface area contributed by atoms with Crippen LogP contribution in [0.5, 0.6) is 11.5 Å². The van der Waals surface area contributed by atoms with Gasteiger partial charge in [0.2, 0.25) is 5.79 Å². The van der Waals surface area contributed by atoms with Crippen molar-refractivity contribution in [2.24, 2.45) is 22.9 Å². The highest BCUT2D eigenvalue weighted by Gasteiger charge is 2.65. The third-order valence-electron chi connectivity index (χ3n) is 13.2. The minimum atomic E-state index is -1.43. The van der Waals surface area contributed by atoms with Gasteiger partial charge in [-0.2, -0.15) is 0 Å². The molecular formula is C53H77N3O9. The molecule has 0 radical (unpaired) electrons. The predicted octanol–water partition coefficient (Wildman–Crippen LogP) is 11.2. The molecule has 0 aromatic heterocycles. The van der Waals surface area contributed by atoms with E-state index in [1.54, 1.807) is 30.2 Å². The molecule has 2 aromatic carbocycles. The van der Waals surface area contributed by atoms with Crippen molar-refractivity contribution in [2.45, 2.75) is 147 Å². The van der Waals surface area contributed by atoms with Gasteiger partial charge in [-0.1, -0.05) is 131 Å². The van der Waals surface area contributed by atoms with Gasteiger partial charge in [0.05, 0.1) is 24.8 Å². The lowest BCUT2D eigenvalue weighted by Gasteiger charge is -2.59. The number of hydrogen-bond donors (Lipinski definition) is 3. The molecule has 1 heterocycles. The van der Waals surface area contributed by atoms with Crippen molar-refractivity contribution in [1.82, 2.24) is 10.2 Å². The zero-order valence-corrected chi connectivity index (χ0v) is 39.3. The standard InChI is InChI=1S/C53H77N3O9/c1-5-8-10-11-12-13-14-15-16-22-31-54-51(59)64-42-29-30-47-45(37-42)49-43(28-21-24-33-58)41(27-20-23-32-57)36-44-46(55-63-39-40-25-18-17-19-26-40)38-48(56(4)52(60)61-35-9-6-2)53(65-47,50(44)49)62-34-7-3/h6-7,17-19,25-26,29-30,36-37,41,43,48-50,57-58H,2-3,5,8-16,20-24,27-28,31-35,38-39H2,1,4H3,(H,54,59)/t41-,43+,48-,49+,50+,53+/m0/s1. The second kappa shape index (κ2) is 27.7. The van der Waals surface area contributed by atoms with E-state index in [1.807, 2.05) is 42.5 Å². The van der Waals surface area contributed by atoms with Crippen molar-refractivity contribution >= 4 is 17.9 Å². The van der Waals surface area contributed by atoms with Gasteiger partial charge in [-0.15, -0.1) is 13.2 Å². The van der Waals surface area contributed by atoms with E-state index in [0.717, 1.165) is 61.6 Å². The molecule has 12 heteroatoms. The molecule has 0 bridgehead atoms. The average Bonchev–Trinajstić information content (AvgIpc) is 3.31. The second-order valence-electron chi connectivity index (χ2n) is 17.8. The Labute approximate surface area is 388 Å². The number of hydrogen-bond acceptors (Lipinski definition) is 10. The Hall–Kier alpha value is -4.65. The molecular weight excluding hydrogens is 823 g/mol. The Morgan fingerprint density at radius 1 is 0.908 bits per heavy atom. The summed E-state index contributed by atoms with van der Waals surface area (Å²) in [4.78, 5) is 34.9. The Morgan fingerprint density at radius 2 is 1.62 bits per heavy atom. The molecule has 2 aromatic rings. The topological polar surface area (TPSA) is 148 Å². The molecule has 2 aliphatic carbocycles. The Balaban J connectivity index is 1.52. The minimum absolute atomic E-state index is 0.0128. The summed E-state index contributed by atoms with van der Waals surface area (Å²) in [7, 11) is 1.70. The van der Waals surface area contributed by atoms with Crippen LogP contribution < -0.4 is 14.8 Å². The number of carbonyl (C=O) groups excluding carboxylic acids is 2. The number of carbonyl (C=O) groups is 2. The monoisotopic (exact) mass is 900 g/mol. The number of oxime groups is 1. The summed E-state index contributed by atoms with van der Waals surface area (Å²) < 4.78 is 25.9. The van der Waals surface area contributed by atoms with Crippen molar-refractivity contribution in [2.75, 3.05) is 40.0 Å². The molecule has 1 aliphatic heterocycles. The maximum absolute atomic E-state index is 13.9. The molecule has 358 valence electrons. The molecule has 6 atom stereocenters. The smallest absolute Gasteiger partial charge is 0.412 e. The molecule has 3 N–H and O–H groups in total. The van der Waals surface area contributed by atoms with Crippen LogP contribution >= 0.6 is 0 Å². The first kappa shape index (κ1) is 51.3. The number of nitrogens with zero attached hydrogens (tertiary/aromatic N) is 2. The first-order valence-corrected chi connectivity index (χ1v) is 24.5. The fourth-order valence-corrected chi connectivity index (χ4v) is 9.95. The maximum atomic E-state index is 13.9. The lowest BCUT2D eigenvalue weighted by molar-refractivity contribution is -0.253. The molecule has 0 spiro atoms. The quantitative estimate of drug-likeness (QED) is 0.0396. The van der Waals surface area contributed by atoms with Gasteiger partial charge in [0.15, 0.2) is 0 Å². The fraction of sp³-hybridized carbons (Fsp3) is 0.604. The lowest BCUT2D eigenvalue weighted by Crippen LogP contribution is -2.69. The first-order valence-electron chi connectivity index (χ1n) is 24.5. The van der Waals surface area contributed by atoms with Gasteiger partial charge in [0.25, 0.3) is 0 Å². The number of rotatable bonds is 30. The number of ether oxygens (including phenoxy) is 4. The Morgan fingerprint density at radius 3 is 2.31 bits per heavy atom. The minimum Gasteiger partial charge on any atom is -0.459 e. The van der Waals surface area contributed by atoms with Crippen molar-refractivity contribution < 1.29 is 43.6 Å². The molecule has 0 saturated heterocycles. The lowest BCUT2D eigenvalue weighted by atomic mass is 9.55. The summed E-state index contributed by atoms with van der Waals surface area (Å²) in [5.74, 6) is -1.19. The second-order valence-corrected chi connectivity index (χ2v) is 17.8. The van der Waals surface area contributed by atoms with Crippen LogP contribution in [0.4, 0.5) is 9.59 Å². The summed E-state index contributed by atoms with van der Waals surface area (Å²) in [5, 5.41) is 27.7. The number of nitrogens with one attached hydrogen (secondary N) is 1. The average molecular weight is 900 g/mol. The van der Waals surface area contributed by atoms with E-state index in [9.17, 15) is 19.8 Å². The third-order valence-corrected chi connectivity index (χ3v) is 13.2. The summed E-state index contributed by atoms with van der Waals surface area (Å²) in [6, 6.07) is 14.6. The van der Waals surface area contributed by atoms with Crippen molar-refractivity contribution in [1.29, 1.82) is 0 Å². The molecule has 12 nitrogen and oxygen atoms in total. The molecule has 65 heavy (non-hydrogen) atoms. The maximum Gasteiger partial charge on any atom is 0.412 e. The highest BCUT2D eigenvalue weighted by molar-refractivity contribution is 6.03. The van der Waals surface area contributed by atoms with Crippen LogP contribution in [0.25, 0.3) is 0 Å². The number of benzene rings is 2. The Kier molecular flexibility index (Phi) is 21.9. The molecule has 3 aliphatic rings. The van der Waals surface area contributed by atoms with E-state index in [2.05, 4.69) is 31.5 Å². The van der Waals surface area contributed by atoms with Crippen LogP contribution in [-0.2, 0) is 20.9 Å². The van der Waals surface area contributed by atoms with E-state index in [1.165, 1.54) is 44.9 Å².